The van der Waals surface area contributed by atoms with Crippen LogP contribution in [0, 0.1) is 17.7 Å². The molecule has 78 valence electrons. The number of carbonyl (C=O) groups is 1. The van der Waals surface area contributed by atoms with Gasteiger partial charge >= 0.3 is 0 Å². The van der Waals surface area contributed by atoms with Gasteiger partial charge in [0.1, 0.15) is 17.9 Å². The van der Waals surface area contributed by atoms with Gasteiger partial charge in [-0.15, -0.1) is 0 Å². The fourth-order valence-corrected chi connectivity index (χ4v) is 1.08. The summed E-state index contributed by atoms with van der Waals surface area (Å²) in [7, 11) is 0. The Labute approximate surface area is 88.1 Å². The van der Waals surface area contributed by atoms with Crippen LogP contribution in [0.25, 0.3) is 0 Å². The molecule has 0 aromatic heterocycles. The zero-order valence-electron chi connectivity index (χ0n) is 8.42. The van der Waals surface area contributed by atoms with Crippen molar-refractivity contribution in [3.05, 3.63) is 29.6 Å². The number of rotatable bonds is 3. The van der Waals surface area contributed by atoms with Crippen molar-refractivity contribution in [2.75, 3.05) is 6.61 Å². The van der Waals surface area contributed by atoms with Crippen LogP contribution in [0.4, 0.5) is 4.39 Å². The normalized spacial score (nSPS) is 8.93. The molecule has 0 radical (unpaired) electrons. The van der Waals surface area contributed by atoms with Gasteiger partial charge in [0.15, 0.2) is 0 Å². The van der Waals surface area contributed by atoms with Crippen molar-refractivity contribution in [1.82, 2.24) is 0 Å². The minimum atomic E-state index is -0.392. The van der Waals surface area contributed by atoms with Gasteiger partial charge in [0, 0.05) is 11.6 Å². The van der Waals surface area contributed by atoms with Gasteiger partial charge in [0.25, 0.3) is 0 Å². The molecule has 0 aliphatic rings. The fraction of sp³-hybridized carbons (Fsp3) is 0.250. The highest BCUT2D eigenvalue weighted by Gasteiger charge is 1.98. The van der Waals surface area contributed by atoms with Crippen LogP contribution in [-0.4, -0.2) is 12.9 Å². The van der Waals surface area contributed by atoms with E-state index in [-0.39, 0.29) is 6.42 Å². The maximum atomic E-state index is 13.0. The summed E-state index contributed by atoms with van der Waals surface area (Å²) < 4.78 is 18.2. The Balaban J connectivity index is 2.89. The quantitative estimate of drug-likeness (QED) is 0.559. The van der Waals surface area contributed by atoms with E-state index in [1.807, 2.05) is 6.92 Å². The highest BCUT2D eigenvalue weighted by atomic mass is 19.1. The average molecular weight is 206 g/mol. The Morgan fingerprint density at radius 1 is 1.47 bits per heavy atom. The van der Waals surface area contributed by atoms with Crippen molar-refractivity contribution >= 4 is 6.29 Å². The number of hydrogen-bond donors (Lipinski definition) is 0. The molecule has 1 aromatic carbocycles. The molecule has 0 unspecified atom stereocenters. The molecule has 2 nitrogen and oxygen atoms in total. The largest absolute Gasteiger partial charge is 0.494 e. The van der Waals surface area contributed by atoms with Crippen molar-refractivity contribution in [1.29, 1.82) is 0 Å². The minimum Gasteiger partial charge on any atom is -0.494 e. The molecule has 0 atom stereocenters. The maximum Gasteiger partial charge on any atom is 0.131 e. The first-order chi connectivity index (χ1) is 7.26. The smallest absolute Gasteiger partial charge is 0.131 e. The lowest BCUT2D eigenvalue weighted by atomic mass is 10.2. The maximum absolute atomic E-state index is 13.0. The minimum absolute atomic E-state index is 0.153. The lowest BCUT2D eigenvalue weighted by Gasteiger charge is -2.02. The zero-order chi connectivity index (χ0) is 11.1. The van der Waals surface area contributed by atoms with Crippen LogP contribution < -0.4 is 4.74 Å². The molecule has 0 N–H and O–H groups in total. The predicted molar refractivity (Wildman–Crippen MR) is 55.1 cm³/mol. The molecule has 0 aliphatic carbocycles. The average Bonchev–Trinajstić information content (AvgIpc) is 2.18. The lowest BCUT2D eigenvalue weighted by Crippen LogP contribution is -1.92. The van der Waals surface area contributed by atoms with Gasteiger partial charge in [-0.3, -0.25) is 0 Å². The van der Waals surface area contributed by atoms with Crippen molar-refractivity contribution in [2.24, 2.45) is 0 Å². The number of benzene rings is 1. The van der Waals surface area contributed by atoms with E-state index < -0.39 is 5.82 Å². The Morgan fingerprint density at radius 3 is 2.93 bits per heavy atom. The molecule has 0 saturated heterocycles. The van der Waals surface area contributed by atoms with E-state index in [0.29, 0.717) is 24.2 Å². The first-order valence-electron chi connectivity index (χ1n) is 4.62. The van der Waals surface area contributed by atoms with E-state index in [0.717, 1.165) is 0 Å². The third-order valence-corrected chi connectivity index (χ3v) is 1.60. The Kier molecular flexibility index (Phi) is 4.36. The Morgan fingerprint density at radius 2 is 2.27 bits per heavy atom. The topological polar surface area (TPSA) is 26.3 Å². The molecule has 0 heterocycles. The van der Waals surface area contributed by atoms with E-state index in [4.69, 9.17) is 4.74 Å². The van der Waals surface area contributed by atoms with Gasteiger partial charge < -0.3 is 9.53 Å². The molecular weight excluding hydrogens is 195 g/mol. The van der Waals surface area contributed by atoms with Crippen LogP contribution >= 0.6 is 0 Å². The summed E-state index contributed by atoms with van der Waals surface area (Å²) in [5.74, 6) is 5.35. The van der Waals surface area contributed by atoms with E-state index in [1.54, 1.807) is 6.07 Å². The van der Waals surface area contributed by atoms with E-state index in [1.165, 1.54) is 12.1 Å². The van der Waals surface area contributed by atoms with Crippen LogP contribution in [0.2, 0.25) is 0 Å². The molecular formula is C12H11FO2. The number of halogens is 1. The number of carbonyl (C=O) groups excluding carboxylic acids is 1. The van der Waals surface area contributed by atoms with Crippen LogP contribution in [-0.2, 0) is 4.79 Å². The van der Waals surface area contributed by atoms with Gasteiger partial charge in [-0.25, -0.2) is 4.39 Å². The summed E-state index contributed by atoms with van der Waals surface area (Å²) in [6, 6.07) is 4.25. The highest BCUT2D eigenvalue weighted by molar-refractivity contribution is 5.55. The monoisotopic (exact) mass is 206 g/mol. The van der Waals surface area contributed by atoms with Gasteiger partial charge in [-0.2, -0.15) is 0 Å². The first kappa shape index (κ1) is 11.3. The SMILES string of the molecule is CCOc1cc(F)cc(C#CCC=O)c1. The lowest BCUT2D eigenvalue weighted by molar-refractivity contribution is -0.107. The van der Waals surface area contributed by atoms with Crippen LogP contribution in [0.1, 0.15) is 18.9 Å². The second-order valence-electron chi connectivity index (χ2n) is 2.78. The van der Waals surface area contributed by atoms with Crippen LogP contribution in [0.3, 0.4) is 0 Å². The summed E-state index contributed by atoms with van der Waals surface area (Å²) in [5, 5.41) is 0. The molecule has 0 amide bonds. The van der Waals surface area contributed by atoms with Crippen LogP contribution in [0.15, 0.2) is 18.2 Å². The fourth-order valence-electron chi connectivity index (χ4n) is 1.08. The predicted octanol–water partition coefficient (Wildman–Crippen LogP) is 2.16. The number of aldehydes is 1. The van der Waals surface area contributed by atoms with Gasteiger partial charge in [-0.05, 0) is 19.1 Å². The molecule has 0 fully saturated rings. The van der Waals surface area contributed by atoms with Gasteiger partial charge in [-0.1, -0.05) is 11.8 Å². The second-order valence-corrected chi connectivity index (χ2v) is 2.78. The van der Waals surface area contributed by atoms with Crippen molar-refractivity contribution in [2.45, 2.75) is 13.3 Å². The van der Waals surface area contributed by atoms with Crippen molar-refractivity contribution in [3.63, 3.8) is 0 Å². The molecule has 0 bridgehead atoms. The molecule has 1 aromatic rings. The second kappa shape index (κ2) is 5.82. The van der Waals surface area contributed by atoms with Gasteiger partial charge in [0.05, 0.1) is 13.0 Å². The van der Waals surface area contributed by atoms with Crippen LogP contribution in [0.5, 0.6) is 5.75 Å². The Bertz CT molecular complexity index is 402. The van der Waals surface area contributed by atoms with Crippen molar-refractivity contribution in [3.8, 4) is 17.6 Å². The Hall–Kier alpha value is -1.82. The summed E-state index contributed by atoms with van der Waals surface area (Å²) >= 11 is 0. The molecule has 15 heavy (non-hydrogen) atoms. The van der Waals surface area contributed by atoms with Crippen molar-refractivity contribution < 1.29 is 13.9 Å². The highest BCUT2D eigenvalue weighted by Crippen LogP contribution is 2.15. The standard InChI is InChI=1S/C12H11FO2/c1-2-15-12-8-10(5-3-4-6-14)7-11(13)9-12/h6-9H,2,4H2,1H3. The van der Waals surface area contributed by atoms with E-state index in [2.05, 4.69) is 11.8 Å². The van der Waals surface area contributed by atoms with Gasteiger partial charge in [0.2, 0.25) is 0 Å². The molecule has 1 rings (SSSR count). The summed E-state index contributed by atoms with van der Waals surface area (Å²) in [5.41, 5.74) is 0.514. The summed E-state index contributed by atoms with van der Waals surface area (Å²) in [6.07, 6.45) is 0.857. The molecule has 0 spiro atoms. The molecule has 0 aliphatic heterocycles. The number of hydrogen-bond acceptors (Lipinski definition) is 2. The zero-order valence-corrected chi connectivity index (χ0v) is 8.42. The third kappa shape index (κ3) is 3.82. The molecule has 3 heteroatoms. The van der Waals surface area contributed by atoms with E-state index in [9.17, 15) is 9.18 Å². The molecule has 0 saturated carbocycles. The summed E-state index contributed by atoms with van der Waals surface area (Å²) in [4.78, 5) is 10.0. The first-order valence-corrected chi connectivity index (χ1v) is 4.62. The van der Waals surface area contributed by atoms with E-state index >= 15 is 0 Å². The third-order valence-electron chi connectivity index (χ3n) is 1.60. The number of ether oxygens (including phenoxy) is 1. The summed E-state index contributed by atoms with van der Waals surface area (Å²) in [6.45, 7) is 2.30.